The number of carbonyl (C=O) groups excluding carboxylic acids is 2. The van der Waals surface area contributed by atoms with Crippen molar-refractivity contribution in [3.8, 4) is 5.75 Å². The first-order valence-corrected chi connectivity index (χ1v) is 13.5. The smallest absolute Gasteiger partial charge is 0.278 e. The van der Waals surface area contributed by atoms with Gasteiger partial charge < -0.3 is 15.4 Å². The first-order valence-electron chi connectivity index (χ1n) is 13.5. The molecule has 5 rings (SSSR count). The average Bonchev–Trinajstić information content (AvgIpc) is 3.57. The summed E-state index contributed by atoms with van der Waals surface area (Å²) in [6.07, 6.45) is 8.52. The number of aromatic nitrogens is 2. The Morgan fingerprint density at radius 1 is 1.24 bits per heavy atom. The van der Waals surface area contributed by atoms with E-state index in [-0.39, 0.29) is 23.8 Å². The van der Waals surface area contributed by atoms with Crippen molar-refractivity contribution in [1.29, 1.82) is 0 Å². The zero-order chi connectivity index (χ0) is 26.0. The van der Waals surface area contributed by atoms with Gasteiger partial charge in [0, 0.05) is 31.8 Å². The number of amides is 2. The van der Waals surface area contributed by atoms with E-state index in [4.69, 9.17) is 9.84 Å². The number of benzene rings is 1. The van der Waals surface area contributed by atoms with E-state index < -0.39 is 12.5 Å². The Kier molecular flexibility index (Phi) is 7.49. The lowest BCUT2D eigenvalue weighted by atomic mass is 9.85. The van der Waals surface area contributed by atoms with Gasteiger partial charge in [-0.2, -0.15) is 5.10 Å². The lowest BCUT2D eigenvalue weighted by molar-refractivity contribution is -0.127. The number of rotatable bonds is 12. The van der Waals surface area contributed by atoms with Gasteiger partial charge >= 0.3 is 0 Å². The molecule has 0 spiro atoms. The van der Waals surface area contributed by atoms with Crippen molar-refractivity contribution in [3.63, 3.8) is 0 Å². The molecule has 2 N–H and O–H groups in total. The highest BCUT2D eigenvalue weighted by Crippen LogP contribution is 2.33. The maximum Gasteiger partial charge on any atom is 0.278 e. The normalized spacial score (nSPS) is 19.6. The molecule has 0 saturated heterocycles. The molecule has 1 unspecified atom stereocenters. The number of nitrogens with one attached hydrogen (secondary N) is 2. The zero-order valence-corrected chi connectivity index (χ0v) is 21.4. The number of hydrogen-bond acceptors (Lipinski definition) is 4. The summed E-state index contributed by atoms with van der Waals surface area (Å²) in [7, 11) is 0. The molecule has 0 bridgehead atoms. The predicted molar refractivity (Wildman–Crippen MR) is 135 cm³/mol. The minimum atomic E-state index is -2.89. The number of aryl methyl sites for hydroxylation is 2. The maximum atomic E-state index is 13.2. The SMILES string of the molecule is CC(F)(F)COc1cccc(CCC2Cc3nn(CCC4CC4)c(CNC(=O)C4CCC4)c3C(=O)N2)c1. The highest BCUT2D eigenvalue weighted by Gasteiger charge is 2.33. The van der Waals surface area contributed by atoms with Crippen molar-refractivity contribution in [2.24, 2.45) is 11.8 Å². The molecular formula is C28H36F2N4O3. The molecule has 2 fully saturated rings. The van der Waals surface area contributed by atoms with Crippen LogP contribution < -0.4 is 15.4 Å². The van der Waals surface area contributed by atoms with Gasteiger partial charge in [-0.05, 0) is 55.7 Å². The largest absolute Gasteiger partial charge is 0.487 e. The summed E-state index contributed by atoms with van der Waals surface area (Å²) in [6.45, 7) is 1.25. The van der Waals surface area contributed by atoms with Crippen LogP contribution in [0.4, 0.5) is 8.78 Å². The van der Waals surface area contributed by atoms with Gasteiger partial charge in [-0.15, -0.1) is 0 Å². The van der Waals surface area contributed by atoms with Crippen molar-refractivity contribution in [2.45, 2.75) is 89.8 Å². The van der Waals surface area contributed by atoms with Crippen LogP contribution in [-0.2, 0) is 30.7 Å². The van der Waals surface area contributed by atoms with Crippen LogP contribution in [0.15, 0.2) is 24.3 Å². The molecule has 2 aliphatic carbocycles. The van der Waals surface area contributed by atoms with Crippen LogP contribution in [0, 0.1) is 11.8 Å². The molecule has 1 atom stereocenters. The molecule has 200 valence electrons. The molecule has 2 amide bonds. The second-order valence-electron chi connectivity index (χ2n) is 11.0. The van der Waals surface area contributed by atoms with E-state index in [1.165, 1.54) is 12.8 Å². The summed E-state index contributed by atoms with van der Waals surface area (Å²) >= 11 is 0. The van der Waals surface area contributed by atoms with Crippen LogP contribution in [0.25, 0.3) is 0 Å². The number of fused-ring (bicyclic) bond motifs is 1. The summed E-state index contributed by atoms with van der Waals surface area (Å²) in [4.78, 5) is 25.7. The molecule has 2 saturated carbocycles. The number of alkyl halides is 2. The Bertz CT molecular complexity index is 1130. The second-order valence-corrected chi connectivity index (χ2v) is 11.0. The average molecular weight is 515 g/mol. The molecule has 0 radical (unpaired) electrons. The van der Waals surface area contributed by atoms with Gasteiger partial charge in [0.25, 0.3) is 11.8 Å². The minimum Gasteiger partial charge on any atom is -0.487 e. The van der Waals surface area contributed by atoms with E-state index >= 15 is 0 Å². The molecule has 1 aliphatic heterocycles. The van der Waals surface area contributed by atoms with Crippen LogP contribution in [-0.4, -0.2) is 40.2 Å². The van der Waals surface area contributed by atoms with Crippen LogP contribution in [0.3, 0.4) is 0 Å². The lowest BCUT2D eigenvalue weighted by Gasteiger charge is -2.25. The van der Waals surface area contributed by atoms with Crippen molar-refractivity contribution in [1.82, 2.24) is 20.4 Å². The van der Waals surface area contributed by atoms with Crippen molar-refractivity contribution < 1.29 is 23.1 Å². The highest BCUT2D eigenvalue weighted by atomic mass is 19.3. The fourth-order valence-electron chi connectivity index (χ4n) is 5.08. The van der Waals surface area contributed by atoms with Crippen molar-refractivity contribution in [2.75, 3.05) is 6.61 Å². The number of ether oxygens (including phenoxy) is 1. The zero-order valence-electron chi connectivity index (χ0n) is 21.4. The van der Waals surface area contributed by atoms with E-state index in [9.17, 15) is 18.4 Å². The molecule has 9 heteroatoms. The van der Waals surface area contributed by atoms with Gasteiger partial charge in [0.05, 0.1) is 23.5 Å². The molecule has 1 aromatic heterocycles. The molecule has 37 heavy (non-hydrogen) atoms. The van der Waals surface area contributed by atoms with Gasteiger partial charge in [0.2, 0.25) is 5.91 Å². The third kappa shape index (κ3) is 6.67. The van der Waals surface area contributed by atoms with E-state index in [1.54, 1.807) is 18.2 Å². The Balaban J connectivity index is 1.23. The van der Waals surface area contributed by atoms with Crippen LogP contribution in [0.2, 0.25) is 0 Å². The van der Waals surface area contributed by atoms with Crippen LogP contribution in [0.1, 0.15) is 79.2 Å². The minimum absolute atomic E-state index is 0.0675. The Hall–Kier alpha value is -2.97. The van der Waals surface area contributed by atoms with E-state index in [0.717, 1.165) is 62.0 Å². The summed E-state index contributed by atoms with van der Waals surface area (Å²) < 4.78 is 33.4. The van der Waals surface area contributed by atoms with E-state index in [0.29, 0.717) is 37.1 Å². The summed E-state index contributed by atoms with van der Waals surface area (Å²) in [5, 5.41) is 11.0. The number of nitrogens with zero attached hydrogens (tertiary/aromatic N) is 2. The topological polar surface area (TPSA) is 85.2 Å². The monoisotopic (exact) mass is 514 g/mol. The number of hydrogen-bond donors (Lipinski definition) is 2. The van der Waals surface area contributed by atoms with Crippen molar-refractivity contribution in [3.05, 3.63) is 46.8 Å². The van der Waals surface area contributed by atoms with Gasteiger partial charge in [0.1, 0.15) is 5.75 Å². The first-order chi connectivity index (χ1) is 17.7. The van der Waals surface area contributed by atoms with Crippen LogP contribution in [0.5, 0.6) is 5.75 Å². The molecule has 2 heterocycles. The molecule has 7 nitrogen and oxygen atoms in total. The molecule has 1 aromatic carbocycles. The highest BCUT2D eigenvalue weighted by molar-refractivity contribution is 5.98. The number of halogens is 2. The maximum absolute atomic E-state index is 13.2. The van der Waals surface area contributed by atoms with Gasteiger partial charge in [0.15, 0.2) is 6.61 Å². The Labute approximate surface area is 216 Å². The quantitative estimate of drug-likeness (QED) is 0.439. The second kappa shape index (κ2) is 10.8. The summed E-state index contributed by atoms with van der Waals surface area (Å²) in [5.41, 5.74) is 3.17. The third-order valence-electron chi connectivity index (χ3n) is 7.66. The van der Waals surface area contributed by atoms with E-state index in [2.05, 4.69) is 10.6 Å². The van der Waals surface area contributed by atoms with Gasteiger partial charge in [-0.1, -0.05) is 31.4 Å². The fraction of sp³-hybridized carbons (Fsp3) is 0.607. The Morgan fingerprint density at radius 2 is 2.05 bits per heavy atom. The van der Waals surface area contributed by atoms with Crippen LogP contribution >= 0.6 is 0 Å². The fourth-order valence-corrected chi connectivity index (χ4v) is 5.08. The molecular weight excluding hydrogens is 478 g/mol. The summed E-state index contributed by atoms with van der Waals surface area (Å²) in [5.74, 6) is -1.71. The first kappa shape index (κ1) is 25.7. The van der Waals surface area contributed by atoms with E-state index in [1.807, 2.05) is 10.7 Å². The van der Waals surface area contributed by atoms with Gasteiger partial charge in [-0.25, -0.2) is 8.78 Å². The third-order valence-corrected chi connectivity index (χ3v) is 7.66. The van der Waals surface area contributed by atoms with Crippen molar-refractivity contribution >= 4 is 11.8 Å². The molecule has 3 aliphatic rings. The number of carbonyl (C=O) groups is 2. The Morgan fingerprint density at radius 3 is 2.76 bits per heavy atom. The lowest BCUT2D eigenvalue weighted by Crippen LogP contribution is -2.42. The van der Waals surface area contributed by atoms with Gasteiger partial charge in [-0.3, -0.25) is 14.3 Å². The standard InChI is InChI=1S/C28H36F2N4O3/c1-28(29,30)17-37-22-7-2-4-19(14-22)10-11-21-15-23-25(27(36)32-21)24(16-31-26(35)20-5-3-6-20)34(33-23)13-12-18-8-9-18/h2,4,7,14,18,20-21H,3,5-6,8-13,15-17H2,1H3,(H,31,35)(H,32,36). The molecule has 2 aromatic rings. The predicted octanol–water partition coefficient (Wildman–Crippen LogP) is 4.42. The summed E-state index contributed by atoms with van der Waals surface area (Å²) in [6, 6.07) is 7.10.